The molecule has 21 heavy (non-hydrogen) atoms. The van der Waals surface area contributed by atoms with Crippen LogP contribution in [0.4, 0.5) is 0 Å². The summed E-state index contributed by atoms with van der Waals surface area (Å²) in [5, 5.41) is 3.53. The summed E-state index contributed by atoms with van der Waals surface area (Å²) in [4.78, 5) is 4.58. The molecule has 108 valence electrons. The molecule has 0 saturated heterocycles. The number of fused-ring (bicyclic) bond motifs is 1. The highest BCUT2D eigenvalue weighted by atomic mass is 15.0. The third-order valence-corrected chi connectivity index (χ3v) is 3.78. The molecule has 0 saturated carbocycles. The lowest BCUT2D eigenvalue weighted by Gasteiger charge is -2.06. The first kappa shape index (κ1) is 13.8. The van der Waals surface area contributed by atoms with Crippen LogP contribution in [0.5, 0.6) is 0 Å². The van der Waals surface area contributed by atoms with E-state index in [0.29, 0.717) is 0 Å². The molecule has 0 amide bonds. The van der Waals surface area contributed by atoms with Gasteiger partial charge in [-0.1, -0.05) is 36.4 Å². The van der Waals surface area contributed by atoms with Gasteiger partial charge in [-0.05, 0) is 44.0 Å². The molecule has 2 aromatic heterocycles. The van der Waals surface area contributed by atoms with E-state index in [4.69, 9.17) is 0 Å². The number of aromatic nitrogens is 2. The predicted octanol–water partition coefficient (Wildman–Crippen LogP) is 3.37. The maximum Gasteiger partial charge on any atom is 0.137 e. The fraction of sp³-hybridized carbons (Fsp3) is 0.278. The third kappa shape index (κ3) is 3.31. The monoisotopic (exact) mass is 279 g/mol. The van der Waals surface area contributed by atoms with Crippen molar-refractivity contribution >= 4 is 5.65 Å². The Labute approximate surface area is 125 Å². The standard InChI is InChI=1S/C18H21N3/c1-15-17(21-13-6-5-11-18(21)20-15)14-19-12-7-10-16-8-3-2-4-9-16/h2-6,8-9,11,13,19H,7,10,12,14H2,1H3. The zero-order valence-corrected chi connectivity index (χ0v) is 12.4. The van der Waals surface area contributed by atoms with Gasteiger partial charge in [-0.3, -0.25) is 0 Å². The molecule has 3 nitrogen and oxygen atoms in total. The van der Waals surface area contributed by atoms with Crippen LogP contribution in [0.15, 0.2) is 54.7 Å². The molecule has 0 unspecified atom stereocenters. The van der Waals surface area contributed by atoms with E-state index in [2.05, 4.69) is 58.2 Å². The van der Waals surface area contributed by atoms with Gasteiger partial charge in [-0.2, -0.15) is 0 Å². The van der Waals surface area contributed by atoms with Crippen molar-refractivity contribution in [2.24, 2.45) is 0 Å². The molecule has 0 aliphatic heterocycles. The number of aryl methyl sites for hydroxylation is 2. The van der Waals surface area contributed by atoms with E-state index in [0.717, 1.165) is 37.3 Å². The molecule has 1 N–H and O–H groups in total. The van der Waals surface area contributed by atoms with Crippen LogP contribution in [0.1, 0.15) is 23.4 Å². The van der Waals surface area contributed by atoms with Crippen molar-refractivity contribution in [1.82, 2.24) is 14.7 Å². The molecule has 1 aromatic carbocycles. The maximum atomic E-state index is 4.58. The molecule has 0 aliphatic rings. The second kappa shape index (κ2) is 6.55. The van der Waals surface area contributed by atoms with Crippen LogP contribution in [0, 0.1) is 6.92 Å². The number of nitrogens with zero attached hydrogens (tertiary/aromatic N) is 2. The largest absolute Gasteiger partial charge is 0.311 e. The van der Waals surface area contributed by atoms with Gasteiger partial charge in [0.25, 0.3) is 0 Å². The van der Waals surface area contributed by atoms with Gasteiger partial charge < -0.3 is 9.72 Å². The number of pyridine rings is 1. The number of benzene rings is 1. The van der Waals surface area contributed by atoms with Gasteiger partial charge in [-0.15, -0.1) is 0 Å². The summed E-state index contributed by atoms with van der Waals surface area (Å²) < 4.78 is 2.17. The second-order valence-electron chi connectivity index (χ2n) is 5.34. The average Bonchev–Trinajstić information content (AvgIpc) is 2.84. The molecule has 3 rings (SSSR count). The lowest BCUT2D eigenvalue weighted by molar-refractivity contribution is 0.636. The number of nitrogens with one attached hydrogen (secondary N) is 1. The Hall–Kier alpha value is -2.13. The van der Waals surface area contributed by atoms with E-state index >= 15 is 0 Å². The summed E-state index contributed by atoms with van der Waals surface area (Å²) in [5.74, 6) is 0. The average molecular weight is 279 g/mol. The Morgan fingerprint density at radius 1 is 1.05 bits per heavy atom. The molecule has 0 fully saturated rings. The van der Waals surface area contributed by atoms with E-state index in [1.165, 1.54) is 11.3 Å². The van der Waals surface area contributed by atoms with Gasteiger partial charge in [0.1, 0.15) is 5.65 Å². The van der Waals surface area contributed by atoms with Crippen LogP contribution in [-0.2, 0) is 13.0 Å². The van der Waals surface area contributed by atoms with Crippen LogP contribution in [-0.4, -0.2) is 15.9 Å². The van der Waals surface area contributed by atoms with Gasteiger partial charge in [0.05, 0.1) is 11.4 Å². The first-order valence-electron chi connectivity index (χ1n) is 7.52. The van der Waals surface area contributed by atoms with Crippen molar-refractivity contribution in [1.29, 1.82) is 0 Å². The highest BCUT2D eigenvalue weighted by Crippen LogP contribution is 2.11. The van der Waals surface area contributed by atoms with E-state index in [1.807, 2.05) is 18.2 Å². The van der Waals surface area contributed by atoms with Gasteiger partial charge in [0.15, 0.2) is 0 Å². The van der Waals surface area contributed by atoms with Crippen LogP contribution in [0.2, 0.25) is 0 Å². The van der Waals surface area contributed by atoms with Crippen molar-refractivity contribution in [3.63, 3.8) is 0 Å². The van der Waals surface area contributed by atoms with Crippen molar-refractivity contribution < 1.29 is 0 Å². The number of hydrogen-bond acceptors (Lipinski definition) is 2. The maximum absolute atomic E-state index is 4.58. The highest BCUT2D eigenvalue weighted by molar-refractivity contribution is 5.42. The Balaban J connectivity index is 1.52. The smallest absolute Gasteiger partial charge is 0.137 e. The summed E-state index contributed by atoms with van der Waals surface area (Å²) in [6, 6.07) is 16.8. The number of rotatable bonds is 6. The fourth-order valence-corrected chi connectivity index (χ4v) is 2.65. The van der Waals surface area contributed by atoms with E-state index in [-0.39, 0.29) is 0 Å². The molecule has 2 heterocycles. The zero-order valence-electron chi connectivity index (χ0n) is 12.4. The van der Waals surface area contributed by atoms with Gasteiger partial charge in [0.2, 0.25) is 0 Å². The minimum atomic E-state index is 0.867. The van der Waals surface area contributed by atoms with Crippen LogP contribution >= 0.6 is 0 Å². The Kier molecular flexibility index (Phi) is 4.31. The van der Waals surface area contributed by atoms with Crippen LogP contribution in [0.3, 0.4) is 0 Å². The SMILES string of the molecule is Cc1nc2ccccn2c1CNCCCc1ccccc1. The molecule has 0 bridgehead atoms. The lowest BCUT2D eigenvalue weighted by Crippen LogP contribution is -2.17. The third-order valence-electron chi connectivity index (χ3n) is 3.78. The fourth-order valence-electron chi connectivity index (χ4n) is 2.65. The Morgan fingerprint density at radius 2 is 1.86 bits per heavy atom. The summed E-state index contributed by atoms with van der Waals surface area (Å²) in [6.45, 7) is 3.97. The minimum Gasteiger partial charge on any atom is -0.311 e. The van der Waals surface area contributed by atoms with E-state index in [9.17, 15) is 0 Å². The number of hydrogen-bond donors (Lipinski definition) is 1. The summed E-state index contributed by atoms with van der Waals surface area (Å²) >= 11 is 0. The predicted molar refractivity (Wildman–Crippen MR) is 86.4 cm³/mol. The first-order valence-corrected chi connectivity index (χ1v) is 7.52. The van der Waals surface area contributed by atoms with Crippen molar-refractivity contribution in [2.45, 2.75) is 26.3 Å². The summed E-state index contributed by atoms with van der Waals surface area (Å²) in [5.41, 5.74) is 4.79. The molecule has 0 spiro atoms. The van der Waals surface area contributed by atoms with Crippen molar-refractivity contribution in [3.05, 3.63) is 71.7 Å². The number of imidazole rings is 1. The Bertz CT molecular complexity index is 701. The zero-order chi connectivity index (χ0) is 14.5. The normalized spacial score (nSPS) is 11.1. The van der Waals surface area contributed by atoms with E-state index < -0.39 is 0 Å². The van der Waals surface area contributed by atoms with Crippen molar-refractivity contribution in [2.75, 3.05) is 6.54 Å². The van der Waals surface area contributed by atoms with Crippen LogP contribution < -0.4 is 5.32 Å². The molecule has 0 radical (unpaired) electrons. The van der Waals surface area contributed by atoms with Gasteiger partial charge in [0, 0.05) is 12.7 Å². The molecular weight excluding hydrogens is 258 g/mol. The Morgan fingerprint density at radius 3 is 2.71 bits per heavy atom. The highest BCUT2D eigenvalue weighted by Gasteiger charge is 2.06. The van der Waals surface area contributed by atoms with E-state index in [1.54, 1.807) is 0 Å². The topological polar surface area (TPSA) is 29.3 Å². The summed E-state index contributed by atoms with van der Waals surface area (Å²) in [6.07, 6.45) is 4.36. The lowest BCUT2D eigenvalue weighted by atomic mass is 10.1. The van der Waals surface area contributed by atoms with Crippen LogP contribution in [0.25, 0.3) is 5.65 Å². The van der Waals surface area contributed by atoms with Gasteiger partial charge in [-0.25, -0.2) is 4.98 Å². The summed E-state index contributed by atoms with van der Waals surface area (Å²) in [7, 11) is 0. The molecule has 3 heteroatoms. The molecular formula is C18H21N3. The molecule has 3 aromatic rings. The first-order chi connectivity index (χ1) is 10.3. The quantitative estimate of drug-likeness (QED) is 0.701. The molecule has 0 atom stereocenters. The molecule has 0 aliphatic carbocycles. The minimum absolute atomic E-state index is 0.867. The second-order valence-corrected chi connectivity index (χ2v) is 5.34. The van der Waals surface area contributed by atoms with Crippen molar-refractivity contribution in [3.8, 4) is 0 Å². The van der Waals surface area contributed by atoms with Gasteiger partial charge >= 0.3 is 0 Å².